The Labute approximate surface area is 202 Å². The number of amides is 1. The summed E-state index contributed by atoms with van der Waals surface area (Å²) in [6.07, 6.45) is 8.76. The second kappa shape index (κ2) is 9.88. The van der Waals surface area contributed by atoms with Crippen molar-refractivity contribution in [1.29, 1.82) is 0 Å². The Morgan fingerprint density at radius 3 is 2.80 bits per heavy atom. The van der Waals surface area contributed by atoms with Crippen molar-refractivity contribution < 1.29 is 19.1 Å². The Morgan fingerprint density at radius 1 is 1.29 bits per heavy atom. The monoisotopic (exact) mass is 480 g/mol. The average molecular weight is 481 g/mol. The first kappa shape index (κ1) is 23.1. The molecule has 3 N–H and O–H groups in total. The van der Waals surface area contributed by atoms with Gasteiger partial charge in [-0.25, -0.2) is 14.8 Å². The number of morpholine rings is 1. The van der Waals surface area contributed by atoms with E-state index in [1.807, 2.05) is 23.2 Å². The number of hydrazine groups is 1. The molecule has 0 bridgehead atoms. The Morgan fingerprint density at radius 2 is 2.11 bits per heavy atom. The maximum atomic E-state index is 13.0. The van der Waals surface area contributed by atoms with E-state index in [-0.39, 0.29) is 18.1 Å². The zero-order valence-corrected chi connectivity index (χ0v) is 19.7. The van der Waals surface area contributed by atoms with E-state index in [1.165, 1.54) is 6.20 Å². The van der Waals surface area contributed by atoms with Crippen LogP contribution in [0.4, 0.5) is 11.6 Å². The van der Waals surface area contributed by atoms with Crippen LogP contribution in [0.3, 0.4) is 0 Å². The van der Waals surface area contributed by atoms with Crippen molar-refractivity contribution in [1.82, 2.24) is 29.9 Å². The maximum Gasteiger partial charge on any atom is 0.257 e. The zero-order valence-electron chi connectivity index (χ0n) is 19.7. The summed E-state index contributed by atoms with van der Waals surface area (Å²) in [4.78, 5) is 29.6. The van der Waals surface area contributed by atoms with E-state index in [4.69, 9.17) is 9.47 Å². The minimum Gasteiger partial charge on any atom is -0.379 e. The molecule has 184 valence electrons. The van der Waals surface area contributed by atoms with Crippen molar-refractivity contribution in [3.05, 3.63) is 47.6 Å². The topological polar surface area (TPSA) is 125 Å². The molecule has 5 rings (SSSR count). The van der Waals surface area contributed by atoms with Gasteiger partial charge in [0, 0.05) is 39.5 Å². The van der Waals surface area contributed by atoms with Crippen LogP contribution in [0.2, 0.25) is 0 Å². The van der Waals surface area contributed by atoms with Crippen molar-refractivity contribution in [2.45, 2.75) is 25.0 Å². The summed E-state index contributed by atoms with van der Waals surface area (Å²) >= 11 is 0. The van der Waals surface area contributed by atoms with Gasteiger partial charge >= 0.3 is 0 Å². The molecule has 1 aliphatic carbocycles. The fourth-order valence-electron chi connectivity index (χ4n) is 4.37. The van der Waals surface area contributed by atoms with Crippen LogP contribution >= 0.6 is 0 Å². The number of nitrogens with zero attached hydrogens (tertiary/aromatic N) is 5. The lowest BCUT2D eigenvalue weighted by atomic mass is 9.89. The van der Waals surface area contributed by atoms with Gasteiger partial charge in [0.2, 0.25) is 0 Å². The smallest absolute Gasteiger partial charge is 0.257 e. The lowest BCUT2D eigenvalue weighted by Crippen LogP contribution is -2.51. The molecule has 1 saturated heterocycles. The standard InChI is InChI=1S/C23H28N8O4/c1-24-21-12-20(26-16-4-3-7-30(18(16)14-32)29-8-10-35-11-9-29)28-22-15(13-25-31(21)22)23(33)27-17-5-6-19(17)34-2/h3-4,7,12-13,17,19,24H,5-6,8-11H2,1-2H3,(H,26,28)(H,27,33)/t17-,19-/m0/s1. The van der Waals surface area contributed by atoms with Crippen molar-refractivity contribution in [2.24, 2.45) is 0 Å². The number of hydrogen-bond acceptors (Lipinski definition) is 10. The van der Waals surface area contributed by atoms with Crippen LogP contribution in [0.15, 0.2) is 42.0 Å². The number of anilines is 2. The molecule has 1 saturated carbocycles. The molecule has 2 fully saturated rings. The molecule has 0 unspecified atom stereocenters. The normalized spacial score (nSPS) is 22.4. The van der Waals surface area contributed by atoms with Crippen LogP contribution in [0.25, 0.3) is 5.65 Å². The van der Waals surface area contributed by atoms with E-state index < -0.39 is 0 Å². The molecular formula is C23H28N8O4. The van der Waals surface area contributed by atoms with Crippen LogP contribution in [0.5, 0.6) is 0 Å². The van der Waals surface area contributed by atoms with E-state index in [0.717, 1.165) is 12.8 Å². The molecule has 4 heterocycles. The Bertz CT molecular complexity index is 1220. The Balaban J connectivity index is 1.41. The number of rotatable bonds is 7. The summed E-state index contributed by atoms with van der Waals surface area (Å²) in [6.45, 7) is 2.50. The summed E-state index contributed by atoms with van der Waals surface area (Å²) in [5.41, 5.74) is 1.62. The third-order valence-corrected chi connectivity index (χ3v) is 6.43. The lowest BCUT2D eigenvalue weighted by Gasteiger charge is -2.38. The molecule has 0 spiro atoms. The first-order valence-corrected chi connectivity index (χ1v) is 11.6. The van der Waals surface area contributed by atoms with Crippen LogP contribution in [0.1, 0.15) is 23.2 Å². The highest BCUT2D eigenvalue weighted by molar-refractivity contribution is 6.00. The molecule has 35 heavy (non-hydrogen) atoms. The van der Waals surface area contributed by atoms with Gasteiger partial charge < -0.3 is 25.4 Å². The van der Waals surface area contributed by atoms with Crippen molar-refractivity contribution in [3.8, 4) is 0 Å². The highest BCUT2D eigenvalue weighted by Crippen LogP contribution is 2.26. The predicted molar refractivity (Wildman–Crippen MR) is 128 cm³/mol. The fourth-order valence-corrected chi connectivity index (χ4v) is 4.37. The number of carbonyl (C=O) groups excluding carboxylic acids is 2. The van der Waals surface area contributed by atoms with Gasteiger partial charge in [-0.1, -0.05) is 0 Å². The number of fused-ring (bicyclic) bond motifs is 1. The number of ether oxygens (including phenoxy) is 2. The number of methoxy groups -OCH3 is 1. The minimum absolute atomic E-state index is 0.0214. The highest BCUT2D eigenvalue weighted by Gasteiger charge is 2.33. The van der Waals surface area contributed by atoms with Gasteiger partial charge in [-0.05, 0) is 25.0 Å². The first-order chi connectivity index (χ1) is 17.1. The van der Waals surface area contributed by atoms with Crippen LogP contribution < -0.4 is 16.0 Å². The first-order valence-electron chi connectivity index (χ1n) is 11.6. The van der Waals surface area contributed by atoms with Crippen LogP contribution in [0, 0.1) is 0 Å². The van der Waals surface area contributed by atoms with Crippen molar-refractivity contribution in [3.63, 3.8) is 0 Å². The summed E-state index contributed by atoms with van der Waals surface area (Å²) < 4.78 is 12.4. The molecule has 2 atom stereocenters. The van der Waals surface area contributed by atoms with Crippen LogP contribution in [-0.2, 0) is 14.3 Å². The Kier molecular flexibility index (Phi) is 6.51. The third-order valence-electron chi connectivity index (χ3n) is 6.43. The van der Waals surface area contributed by atoms with Crippen molar-refractivity contribution >= 4 is 29.1 Å². The third kappa shape index (κ3) is 4.40. The predicted octanol–water partition coefficient (Wildman–Crippen LogP) is 0.766. The van der Waals surface area contributed by atoms with Gasteiger partial charge in [0.25, 0.3) is 5.91 Å². The van der Waals surface area contributed by atoms with Gasteiger partial charge in [0.1, 0.15) is 17.2 Å². The SMILES string of the molecule is CNc1cc(NC2=CC=CN(N3CCOCC3)C2=C=O)nc2c(C(=O)N[C@H]3CC[C@@H]3OC)cnn12. The molecule has 1 amide bonds. The number of nitrogens with one attached hydrogen (secondary N) is 3. The maximum absolute atomic E-state index is 13.0. The quantitative estimate of drug-likeness (QED) is 0.489. The van der Waals surface area contributed by atoms with E-state index in [2.05, 4.69) is 26.0 Å². The van der Waals surface area contributed by atoms with Gasteiger partial charge in [0.15, 0.2) is 17.3 Å². The summed E-state index contributed by atoms with van der Waals surface area (Å²) in [7, 11) is 3.41. The zero-order chi connectivity index (χ0) is 24.4. The summed E-state index contributed by atoms with van der Waals surface area (Å²) in [5.74, 6) is 2.87. The van der Waals surface area contributed by atoms with E-state index in [0.29, 0.717) is 60.5 Å². The van der Waals surface area contributed by atoms with Crippen LogP contribution in [-0.4, -0.2) is 89.1 Å². The molecule has 2 aromatic rings. The van der Waals surface area contributed by atoms with Gasteiger partial charge in [-0.15, -0.1) is 0 Å². The van der Waals surface area contributed by atoms with Gasteiger partial charge in [0.05, 0.1) is 37.3 Å². The molecule has 2 aliphatic heterocycles. The summed E-state index contributed by atoms with van der Waals surface area (Å²) in [5, 5.41) is 17.5. The van der Waals surface area contributed by atoms with E-state index in [9.17, 15) is 9.59 Å². The summed E-state index contributed by atoms with van der Waals surface area (Å²) in [6, 6.07) is 1.73. The van der Waals surface area contributed by atoms with E-state index in [1.54, 1.807) is 35.8 Å². The largest absolute Gasteiger partial charge is 0.379 e. The van der Waals surface area contributed by atoms with E-state index >= 15 is 0 Å². The number of carbonyl (C=O) groups is 1. The highest BCUT2D eigenvalue weighted by atomic mass is 16.5. The van der Waals surface area contributed by atoms with Crippen molar-refractivity contribution in [2.75, 3.05) is 51.1 Å². The molecular weight excluding hydrogens is 452 g/mol. The minimum atomic E-state index is -0.259. The fraction of sp³-hybridized carbons (Fsp3) is 0.435. The van der Waals surface area contributed by atoms with Gasteiger partial charge in [-0.2, -0.15) is 9.61 Å². The number of aromatic nitrogens is 3. The molecule has 0 radical (unpaired) electrons. The molecule has 0 aromatic carbocycles. The molecule has 12 nitrogen and oxygen atoms in total. The molecule has 12 heteroatoms. The number of hydrogen-bond donors (Lipinski definition) is 3. The lowest BCUT2D eigenvalue weighted by molar-refractivity contribution is -0.0442. The number of allylic oxidation sites excluding steroid dienone is 2. The molecule has 2 aromatic heterocycles. The second-order valence-electron chi connectivity index (χ2n) is 8.41. The van der Waals surface area contributed by atoms with Gasteiger partial charge in [-0.3, -0.25) is 9.80 Å². The average Bonchev–Trinajstić information content (AvgIpc) is 3.31. The second-order valence-corrected chi connectivity index (χ2v) is 8.41. The Hall–Kier alpha value is -3.70. The molecule has 3 aliphatic rings.